The molecule has 0 radical (unpaired) electrons. The van der Waals surface area contributed by atoms with E-state index < -0.39 is 6.10 Å². The lowest BCUT2D eigenvalue weighted by molar-refractivity contribution is -0.167. The fourth-order valence-corrected chi connectivity index (χ4v) is 8.44. The first kappa shape index (κ1) is 60.4. The van der Waals surface area contributed by atoms with E-state index in [-0.39, 0.29) is 31.1 Å². The van der Waals surface area contributed by atoms with Gasteiger partial charge in [-0.15, -0.1) is 0 Å². The van der Waals surface area contributed by atoms with Crippen molar-refractivity contribution in [2.75, 3.05) is 13.2 Å². The number of ether oxygens (including phenoxy) is 3. The number of hydrogen-bond acceptors (Lipinski definition) is 6. The second-order valence-corrected chi connectivity index (χ2v) is 20.4. The summed E-state index contributed by atoms with van der Waals surface area (Å²) in [6.45, 7) is 13.8. The van der Waals surface area contributed by atoms with Gasteiger partial charge in [-0.05, 0) is 37.0 Å². The Morgan fingerprint density at radius 1 is 0.323 bits per heavy atom. The number of unbranched alkanes of at least 4 members (excludes halogenated alkanes) is 31. The van der Waals surface area contributed by atoms with E-state index in [9.17, 15) is 14.4 Å². The summed E-state index contributed by atoms with van der Waals surface area (Å²) < 4.78 is 16.9. The summed E-state index contributed by atoms with van der Waals surface area (Å²) in [6.07, 6.45) is 47.9. The fourth-order valence-electron chi connectivity index (χ4n) is 8.44. The maximum atomic E-state index is 12.8. The van der Waals surface area contributed by atoms with Crippen molar-refractivity contribution >= 4 is 17.9 Å². The van der Waals surface area contributed by atoms with Crippen LogP contribution in [0.4, 0.5) is 0 Å². The molecule has 0 spiro atoms. The molecular weight excluding hydrogens is 769 g/mol. The third-order valence-electron chi connectivity index (χ3n) is 13.0. The van der Waals surface area contributed by atoms with Crippen LogP contribution in [0.3, 0.4) is 0 Å². The molecule has 2 atom stereocenters. The molecule has 0 aliphatic carbocycles. The summed E-state index contributed by atoms with van der Waals surface area (Å²) in [5.41, 5.74) is 0. The highest BCUT2D eigenvalue weighted by molar-refractivity contribution is 5.71. The average Bonchev–Trinajstić information content (AvgIpc) is 3.24. The molecule has 0 aromatic carbocycles. The molecule has 0 aliphatic rings. The second kappa shape index (κ2) is 47.4. The first-order valence-corrected chi connectivity index (χ1v) is 27.6. The van der Waals surface area contributed by atoms with Crippen LogP contribution < -0.4 is 0 Å². The predicted molar refractivity (Wildman–Crippen MR) is 266 cm³/mol. The molecular formula is C56H108O6. The van der Waals surface area contributed by atoms with Crippen LogP contribution in [-0.4, -0.2) is 37.2 Å². The molecule has 6 heteroatoms. The van der Waals surface area contributed by atoms with E-state index in [0.717, 1.165) is 75.5 Å². The fraction of sp³-hybridized carbons (Fsp3) is 0.946. The lowest BCUT2D eigenvalue weighted by Gasteiger charge is -2.18. The molecule has 0 N–H and O–H groups in total. The molecule has 0 rings (SSSR count). The summed E-state index contributed by atoms with van der Waals surface area (Å²) in [5, 5.41) is 0. The topological polar surface area (TPSA) is 78.9 Å². The van der Waals surface area contributed by atoms with Crippen LogP contribution in [0.25, 0.3) is 0 Å². The van der Waals surface area contributed by atoms with Gasteiger partial charge in [0.1, 0.15) is 13.2 Å². The van der Waals surface area contributed by atoms with Gasteiger partial charge >= 0.3 is 17.9 Å². The quantitative estimate of drug-likeness (QED) is 0.0344. The summed E-state index contributed by atoms with van der Waals surface area (Å²) in [4.78, 5) is 38.1. The summed E-state index contributed by atoms with van der Waals surface area (Å²) >= 11 is 0. The Labute approximate surface area is 387 Å². The third-order valence-corrected chi connectivity index (χ3v) is 13.0. The lowest BCUT2D eigenvalue weighted by atomic mass is 9.99. The van der Waals surface area contributed by atoms with E-state index in [1.807, 2.05) is 0 Å². The molecule has 0 heterocycles. The number of carbonyl (C=O) groups excluding carboxylic acids is 3. The zero-order valence-electron chi connectivity index (χ0n) is 42.7. The van der Waals surface area contributed by atoms with Gasteiger partial charge in [-0.3, -0.25) is 14.4 Å². The van der Waals surface area contributed by atoms with E-state index in [2.05, 4.69) is 41.5 Å². The first-order valence-electron chi connectivity index (χ1n) is 27.6. The zero-order valence-corrected chi connectivity index (χ0v) is 42.7. The monoisotopic (exact) mass is 877 g/mol. The zero-order chi connectivity index (χ0) is 45.6. The van der Waals surface area contributed by atoms with Crippen LogP contribution in [0.2, 0.25) is 0 Å². The molecule has 0 fully saturated rings. The molecule has 0 bridgehead atoms. The summed E-state index contributed by atoms with van der Waals surface area (Å²) in [7, 11) is 0. The van der Waals surface area contributed by atoms with Gasteiger partial charge in [0.05, 0.1) is 0 Å². The molecule has 0 aliphatic heterocycles. The Balaban J connectivity index is 4.33. The Morgan fingerprint density at radius 2 is 0.565 bits per heavy atom. The van der Waals surface area contributed by atoms with Gasteiger partial charge in [-0.1, -0.05) is 266 Å². The smallest absolute Gasteiger partial charge is 0.306 e. The van der Waals surface area contributed by atoms with Crippen molar-refractivity contribution in [1.82, 2.24) is 0 Å². The molecule has 0 amide bonds. The second-order valence-electron chi connectivity index (χ2n) is 20.4. The molecule has 1 unspecified atom stereocenters. The first-order chi connectivity index (χ1) is 30.1. The minimum Gasteiger partial charge on any atom is -0.462 e. The molecule has 0 saturated carbocycles. The van der Waals surface area contributed by atoms with Gasteiger partial charge in [0.15, 0.2) is 6.10 Å². The minimum atomic E-state index is -0.763. The van der Waals surface area contributed by atoms with Gasteiger partial charge in [0.25, 0.3) is 0 Å². The van der Waals surface area contributed by atoms with E-state index in [1.165, 1.54) is 186 Å². The van der Waals surface area contributed by atoms with Crippen LogP contribution in [0, 0.1) is 17.8 Å². The van der Waals surface area contributed by atoms with E-state index in [0.29, 0.717) is 19.3 Å². The van der Waals surface area contributed by atoms with Crippen molar-refractivity contribution in [3.63, 3.8) is 0 Å². The van der Waals surface area contributed by atoms with Crippen molar-refractivity contribution in [3.8, 4) is 0 Å². The number of carbonyl (C=O) groups is 3. The number of hydrogen-bond donors (Lipinski definition) is 0. The highest BCUT2D eigenvalue weighted by atomic mass is 16.6. The number of rotatable bonds is 49. The van der Waals surface area contributed by atoms with Crippen molar-refractivity contribution in [2.24, 2.45) is 17.8 Å². The van der Waals surface area contributed by atoms with Gasteiger partial charge in [0, 0.05) is 19.3 Å². The van der Waals surface area contributed by atoms with E-state index in [1.54, 1.807) is 0 Å². The molecule has 62 heavy (non-hydrogen) atoms. The Kier molecular flexibility index (Phi) is 46.2. The van der Waals surface area contributed by atoms with Gasteiger partial charge in [-0.2, -0.15) is 0 Å². The van der Waals surface area contributed by atoms with Crippen LogP contribution >= 0.6 is 0 Å². The van der Waals surface area contributed by atoms with Crippen LogP contribution in [0.15, 0.2) is 0 Å². The predicted octanol–water partition coefficient (Wildman–Crippen LogP) is 17.9. The third kappa shape index (κ3) is 47.9. The highest BCUT2D eigenvalue weighted by Gasteiger charge is 2.19. The lowest BCUT2D eigenvalue weighted by Crippen LogP contribution is -2.30. The van der Waals surface area contributed by atoms with Crippen LogP contribution in [-0.2, 0) is 28.6 Å². The SMILES string of the molecule is CCC(C)CCCCCCCCCCCCC(=O)OC[C@H](COC(=O)CCCCCCCCCCCCCCC(C)C)OC(=O)CCCCCCCCCCCCCCC(C)C. The highest BCUT2D eigenvalue weighted by Crippen LogP contribution is 2.18. The molecule has 0 aromatic heterocycles. The molecule has 0 aromatic rings. The van der Waals surface area contributed by atoms with Crippen molar-refractivity contribution in [3.05, 3.63) is 0 Å². The van der Waals surface area contributed by atoms with Crippen molar-refractivity contribution in [1.29, 1.82) is 0 Å². The van der Waals surface area contributed by atoms with Gasteiger partial charge in [0.2, 0.25) is 0 Å². The molecule has 0 saturated heterocycles. The standard InChI is InChI=1S/C56H108O6/c1-7-52(6)44-38-32-26-20-16-17-22-28-34-40-46-55(58)61-49-53(62-56(59)47-41-35-29-23-15-11-9-13-19-25-31-37-43-51(4)5)48-60-54(57)45-39-33-27-21-14-10-8-12-18-24-30-36-42-50(2)3/h50-53H,7-49H2,1-6H3/t52?,53-/m0/s1. The van der Waals surface area contributed by atoms with Crippen LogP contribution in [0.1, 0.15) is 305 Å². The molecule has 368 valence electrons. The maximum Gasteiger partial charge on any atom is 0.306 e. The van der Waals surface area contributed by atoms with Gasteiger partial charge < -0.3 is 14.2 Å². The largest absolute Gasteiger partial charge is 0.462 e. The van der Waals surface area contributed by atoms with E-state index in [4.69, 9.17) is 14.2 Å². The normalized spacial score (nSPS) is 12.6. The average molecular weight is 877 g/mol. The maximum absolute atomic E-state index is 12.8. The minimum absolute atomic E-state index is 0.0641. The summed E-state index contributed by atoms with van der Waals surface area (Å²) in [5.74, 6) is 1.69. The molecule has 6 nitrogen and oxygen atoms in total. The van der Waals surface area contributed by atoms with E-state index >= 15 is 0 Å². The van der Waals surface area contributed by atoms with Gasteiger partial charge in [-0.25, -0.2) is 0 Å². The van der Waals surface area contributed by atoms with Crippen LogP contribution in [0.5, 0.6) is 0 Å². The van der Waals surface area contributed by atoms with Crippen molar-refractivity contribution < 1.29 is 28.6 Å². The number of esters is 3. The van der Waals surface area contributed by atoms with Crippen molar-refractivity contribution in [2.45, 2.75) is 311 Å². The Bertz CT molecular complexity index is 962. The Morgan fingerprint density at radius 3 is 0.839 bits per heavy atom. The Hall–Kier alpha value is -1.59. The summed E-state index contributed by atoms with van der Waals surface area (Å²) in [6, 6.07) is 0.